The lowest BCUT2D eigenvalue weighted by molar-refractivity contribution is -0.119. The summed E-state index contributed by atoms with van der Waals surface area (Å²) in [5.74, 6) is 0.525. The van der Waals surface area contributed by atoms with Crippen LogP contribution in [0.4, 0.5) is 10.5 Å². The predicted molar refractivity (Wildman–Crippen MR) is 91.3 cm³/mol. The number of benzene rings is 2. The van der Waals surface area contributed by atoms with Crippen molar-refractivity contribution in [1.29, 1.82) is 0 Å². The van der Waals surface area contributed by atoms with Gasteiger partial charge in [-0.2, -0.15) is 0 Å². The number of fused-ring (bicyclic) bond motifs is 1. The maximum absolute atomic E-state index is 12.9. The Morgan fingerprint density at radius 1 is 1.00 bits per heavy atom. The van der Waals surface area contributed by atoms with Crippen LogP contribution in [0.1, 0.15) is 16.5 Å². The third-order valence-corrected chi connectivity index (χ3v) is 5.62. The van der Waals surface area contributed by atoms with Crippen LogP contribution >= 0.6 is 11.8 Å². The summed E-state index contributed by atoms with van der Waals surface area (Å²) in [7, 11) is 0. The number of imide groups is 1. The van der Waals surface area contributed by atoms with E-state index in [0.29, 0.717) is 11.4 Å². The lowest BCUT2D eigenvalue weighted by Gasteiger charge is -2.23. The first-order valence-electron chi connectivity index (χ1n) is 7.56. The second kappa shape index (κ2) is 5.42. The molecule has 23 heavy (non-hydrogen) atoms. The molecule has 2 heterocycles. The van der Waals surface area contributed by atoms with Crippen molar-refractivity contribution < 1.29 is 9.59 Å². The fraction of sp³-hybridized carbons (Fsp3) is 0.222. The number of thioether (sulfide) groups is 1. The number of urea groups is 1. The summed E-state index contributed by atoms with van der Waals surface area (Å²) in [5.41, 5.74) is 2.81. The number of anilines is 1. The van der Waals surface area contributed by atoms with Crippen molar-refractivity contribution in [3.8, 4) is 0 Å². The summed E-state index contributed by atoms with van der Waals surface area (Å²) < 4.78 is 0. The van der Waals surface area contributed by atoms with E-state index >= 15 is 0 Å². The van der Waals surface area contributed by atoms with Gasteiger partial charge in [-0.05, 0) is 24.6 Å². The second-order valence-electron chi connectivity index (χ2n) is 5.81. The molecule has 0 saturated carbocycles. The number of carbonyl (C=O) groups is 2. The van der Waals surface area contributed by atoms with Crippen molar-refractivity contribution in [2.24, 2.45) is 0 Å². The van der Waals surface area contributed by atoms with Crippen molar-refractivity contribution in [2.45, 2.75) is 18.3 Å². The van der Waals surface area contributed by atoms with Gasteiger partial charge in [0.1, 0.15) is 11.4 Å². The molecule has 2 aromatic rings. The van der Waals surface area contributed by atoms with Crippen LogP contribution in [0.3, 0.4) is 0 Å². The van der Waals surface area contributed by atoms with Gasteiger partial charge in [-0.1, -0.05) is 48.0 Å². The normalized spacial score (nSPS) is 23.5. The molecule has 0 bridgehead atoms. The first-order chi connectivity index (χ1) is 11.2. The van der Waals surface area contributed by atoms with E-state index in [0.717, 1.165) is 11.1 Å². The van der Waals surface area contributed by atoms with Gasteiger partial charge in [-0.15, -0.1) is 11.8 Å². The SMILES string of the molecule is Cc1ccc(N2C(=O)C3CSC(c4ccccc4)N3C2=O)cc1. The van der Waals surface area contributed by atoms with E-state index in [2.05, 4.69) is 0 Å². The average Bonchev–Trinajstić information content (AvgIpc) is 3.11. The molecule has 2 saturated heterocycles. The first-order valence-corrected chi connectivity index (χ1v) is 8.61. The summed E-state index contributed by atoms with van der Waals surface area (Å²) in [5, 5.41) is -0.0897. The smallest absolute Gasteiger partial charge is 0.295 e. The highest BCUT2D eigenvalue weighted by atomic mass is 32.2. The standard InChI is InChI=1S/C18H16N2O2S/c1-12-7-9-14(10-8-12)19-16(21)15-11-23-17(20(15)18(19)22)13-5-3-2-4-6-13/h2-10,15,17H,11H2,1H3. The second-order valence-corrected chi connectivity index (χ2v) is 6.92. The molecule has 2 unspecified atom stereocenters. The Morgan fingerprint density at radius 2 is 1.70 bits per heavy atom. The molecule has 2 atom stereocenters. The lowest BCUT2D eigenvalue weighted by atomic mass is 10.2. The Bertz CT molecular complexity index is 760. The highest BCUT2D eigenvalue weighted by Crippen LogP contribution is 2.45. The third kappa shape index (κ3) is 2.23. The minimum atomic E-state index is -0.362. The van der Waals surface area contributed by atoms with Gasteiger partial charge < -0.3 is 0 Å². The maximum Gasteiger partial charge on any atom is 0.333 e. The third-order valence-electron chi connectivity index (χ3n) is 4.29. The summed E-state index contributed by atoms with van der Waals surface area (Å²) in [6, 6.07) is 16.8. The number of nitrogens with zero attached hydrogens (tertiary/aromatic N) is 2. The zero-order valence-electron chi connectivity index (χ0n) is 12.7. The Kier molecular flexibility index (Phi) is 3.38. The molecule has 0 N–H and O–H groups in total. The van der Waals surface area contributed by atoms with Crippen LogP contribution in [0, 0.1) is 6.92 Å². The van der Waals surface area contributed by atoms with E-state index < -0.39 is 0 Å². The topological polar surface area (TPSA) is 40.6 Å². The van der Waals surface area contributed by atoms with Crippen LogP contribution in [0.25, 0.3) is 0 Å². The van der Waals surface area contributed by atoms with Crippen molar-refractivity contribution in [2.75, 3.05) is 10.7 Å². The molecule has 0 spiro atoms. The number of aryl methyl sites for hydroxylation is 1. The maximum atomic E-state index is 12.9. The molecule has 4 rings (SSSR count). The first kappa shape index (κ1) is 14.3. The molecule has 2 aromatic carbocycles. The fourth-order valence-electron chi connectivity index (χ4n) is 3.09. The number of carbonyl (C=O) groups excluding carboxylic acids is 2. The Hall–Kier alpha value is -2.27. The fourth-order valence-corrected chi connectivity index (χ4v) is 4.51. The van der Waals surface area contributed by atoms with E-state index in [9.17, 15) is 9.59 Å². The van der Waals surface area contributed by atoms with E-state index in [-0.39, 0.29) is 23.4 Å². The Morgan fingerprint density at radius 3 is 2.39 bits per heavy atom. The molecule has 3 amide bonds. The molecular weight excluding hydrogens is 308 g/mol. The molecule has 0 aromatic heterocycles. The summed E-state index contributed by atoms with van der Waals surface area (Å²) >= 11 is 1.65. The minimum absolute atomic E-state index is 0.0897. The van der Waals surface area contributed by atoms with Crippen LogP contribution in [-0.2, 0) is 4.79 Å². The molecular formula is C18H16N2O2S. The van der Waals surface area contributed by atoms with Crippen molar-refractivity contribution >= 4 is 29.4 Å². The summed E-state index contributed by atoms with van der Waals surface area (Å²) in [6.45, 7) is 1.98. The molecule has 116 valence electrons. The molecule has 4 nitrogen and oxygen atoms in total. The highest BCUT2D eigenvalue weighted by Gasteiger charge is 2.53. The van der Waals surface area contributed by atoms with Gasteiger partial charge in [-0.25, -0.2) is 9.69 Å². The number of rotatable bonds is 2. The van der Waals surface area contributed by atoms with Gasteiger partial charge in [0.25, 0.3) is 5.91 Å². The van der Waals surface area contributed by atoms with E-state index in [1.165, 1.54) is 4.90 Å². The monoisotopic (exact) mass is 324 g/mol. The zero-order valence-corrected chi connectivity index (χ0v) is 13.5. The van der Waals surface area contributed by atoms with Gasteiger partial charge in [-0.3, -0.25) is 9.69 Å². The van der Waals surface area contributed by atoms with E-state index in [1.54, 1.807) is 16.7 Å². The predicted octanol–water partition coefficient (Wildman–Crippen LogP) is 3.58. The quantitative estimate of drug-likeness (QED) is 0.793. The van der Waals surface area contributed by atoms with E-state index in [4.69, 9.17) is 0 Å². The molecule has 0 aliphatic carbocycles. The van der Waals surface area contributed by atoms with Crippen LogP contribution in [0.5, 0.6) is 0 Å². The van der Waals surface area contributed by atoms with Gasteiger partial charge in [0.2, 0.25) is 0 Å². The van der Waals surface area contributed by atoms with Crippen LogP contribution < -0.4 is 4.90 Å². The Balaban J connectivity index is 1.69. The largest absolute Gasteiger partial charge is 0.333 e. The highest BCUT2D eigenvalue weighted by molar-refractivity contribution is 7.99. The van der Waals surface area contributed by atoms with Gasteiger partial charge in [0.15, 0.2) is 0 Å². The van der Waals surface area contributed by atoms with Crippen molar-refractivity contribution in [1.82, 2.24) is 4.90 Å². The van der Waals surface area contributed by atoms with Crippen LogP contribution in [0.2, 0.25) is 0 Å². The number of hydrogen-bond acceptors (Lipinski definition) is 3. The van der Waals surface area contributed by atoms with E-state index in [1.807, 2.05) is 61.5 Å². The molecule has 5 heteroatoms. The van der Waals surface area contributed by atoms with Crippen LogP contribution in [0.15, 0.2) is 54.6 Å². The molecule has 2 fully saturated rings. The summed E-state index contributed by atoms with van der Waals surface area (Å²) in [6.07, 6.45) is 0. The zero-order chi connectivity index (χ0) is 16.0. The van der Waals surface area contributed by atoms with Gasteiger partial charge in [0, 0.05) is 5.75 Å². The Labute approximate surface area is 139 Å². The summed E-state index contributed by atoms with van der Waals surface area (Å²) in [4.78, 5) is 28.6. The average molecular weight is 324 g/mol. The number of amides is 3. The van der Waals surface area contributed by atoms with Crippen LogP contribution in [-0.4, -0.2) is 28.6 Å². The molecule has 2 aliphatic heterocycles. The van der Waals surface area contributed by atoms with Gasteiger partial charge in [0.05, 0.1) is 5.69 Å². The van der Waals surface area contributed by atoms with Crippen molar-refractivity contribution in [3.05, 3.63) is 65.7 Å². The number of hydrogen-bond donors (Lipinski definition) is 0. The minimum Gasteiger partial charge on any atom is -0.295 e. The molecule has 0 radical (unpaired) electrons. The molecule has 2 aliphatic rings. The lowest BCUT2D eigenvalue weighted by Crippen LogP contribution is -2.33. The van der Waals surface area contributed by atoms with Crippen molar-refractivity contribution in [3.63, 3.8) is 0 Å². The van der Waals surface area contributed by atoms with Gasteiger partial charge >= 0.3 is 6.03 Å².